The first-order valence-electron chi connectivity index (χ1n) is 8.97. The highest BCUT2D eigenvalue weighted by atomic mass is 16.6. The highest BCUT2D eigenvalue weighted by Crippen LogP contribution is 2.31. The Hall–Kier alpha value is -2.37. The van der Waals surface area contributed by atoms with Crippen molar-refractivity contribution in [1.82, 2.24) is 15.0 Å². The molecular weight excluding hydrogens is 318 g/mol. The maximum Gasteiger partial charge on any atom is 0.410 e. The summed E-state index contributed by atoms with van der Waals surface area (Å²) < 4.78 is 10.7. The first-order chi connectivity index (χ1) is 12.1. The van der Waals surface area contributed by atoms with Crippen molar-refractivity contribution in [3.05, 3.63) is 47.6 Å². The molecule has 1 saturated heterocycles. The summed E-state index contributed by atoms with van der Waals surface area (Å²) in [6.07, 6.45) is 4.03. The van der Waals surface area contributed by atoms with Gasteiger partial charge in [-0.25, -0.2) is 4.79 Å². The second-order valence-electron chi connectivity index (χ2n) is 6.67. The van der Waals surface area contributed by atoms with Crippen LogP contribution in [0.2, 0.25) is 0 Å². The highest BCUT2D eigenvalue weighted by molar-refractivity contribution is 5.68. The van der Waals surface area contributed by atoms with E-state index in [4.69, 9.17) is 9.26 Å². The van der Waals surface area contributed by atoms with Crippen LogP contribution in [0.25, 0.3) is 0 Å². The zero-order chi connectivity index (χ0) is 17.6. The van der Waals surface area contributed by atoms with Gasteiger partial charge < -0.3 is 9.26 Å². The number of hydrogen-bond acceptors (Lipinski definition) is 5. The quantitative estimate of drug-likeness (QED) is 0.795. The lowest BCUT2D eigenvalue weighted by Crippen LogP contribution is -2.32. The molecule has 3 rings (SSSR count). The van der Waals surface area contributed by atoms with E-state index in [1.54, 1.807) is 4.90 Å². The summed E-state index contributed by atoms with van der Waals surface area (Å²) >= 11 is 0. The normalized spacial score (nSPS) is 17.2. The standard InChI is InChI=1S/C19H25N3O3/c1-14(2)24-19(23)22-13-7-11-16(22)18-20-17(21-25-18)12-6-10-15-8-4-3-5-9-15/h3-5,8-9,14,16H,6-7,10-13H2,1-2H3. The molecule has 134 valence electrons. The predicted molar refractivity (Wildman–Crippen MR) is 93.1 cm³/mol. The average Bonchev–Trinajstić information content (AvgIpc) is 3.24. The van der Waals surface area contributed by atoms with Crippen LogP contribution in [0.1, 0.15) is 56.4 Å². The molecule has 1 aromatic carbocycles. The molecule has 0 N–H and O–H groups in total. The summed E-state index contributed by atoms with van der Waals surface area (Å²) in [6, 6.07) is 10.2. The van der Waals surface area contributed by atoms with Gasteiger partial charge in [-0.1, -0.05) is 35.5 Å². The smallest absolute Gasteiger partial charge is 0.410 e. The minimum Gasteiger partial charge on any atom is -0.447 e. The third-order valence-corrected chi connectivity index (χ3v) is 4.30. The number of amides is 1. The number of aromatic nitrogens is 2. The molecule has 2 heterocycles. The molecule has 2 aromatic rings. The maximum absolute atomic E-state index is 12.2. The van der Waals surface area contributed by atoms with Crippen LogP contribution in [0.15, 0.2) is 34.9 Å². The summed E-state index contributed by atoms with van der Waals surface area (Å²) in [4.78, 5) is 18.4. The first-order valence-corrected chi connectivity index (χ1v) is 8.97. The van der Waals surface area contributed by atoms with E-state index in [0.29, 0.717) is 18.3 Å². The van der Waals surface area contributed by atoms with Crippen molar-refractivity contribution in [1.29, 1.82) is 0 Å². The van der Waals surface area contributed by atoms with Gasteiger partial charge in [0.2, 0.25) is 5.89 Å². The Bertz CT molecular complexity index is 684. The van der Waals surface area contributed by atoms with Crippen molar-refractivity contribution in [3.63, 3.8) is 0 Å². The van der Waals surface area contributed by atoms with Gasteiger partial charge in [-0.3, -0.25) is 4.90 Å². The number of nitrogens with zero attached hydrogens (tertiary/aromatic N) is 3. The van der Waals surface area contributed by atoms with Crippen LogP contribution >= 0.6 is 0 Å². The van der Waals surface area contributed by atoms with Gasteiger partial charge in [0, 0.05) is 13.0 Å². The van der Waals surface area contributed by atoms with Crippen LogP contribution < -0.4 is 0 Å². The molecule has 1 amide bonds. The monoisotopic (exact) mass is 343 g/mol. The Balaban J connectivity index is 1.56. The number of carbonyl (C=O) groups excluding carboxylic acids is 1. The SMILES string of the molecule is CC(C)OC(=O)N1CCCC1c1nc(CCCc2ccccc2)no1. The fourth-order valence-corrected chi connectivity index (χ4v) is 3.11. The van der Waals surface area contributed by atoms with E-state index < -0.39 is 0 Å². The van der Waals surface area contributed by atoms with Crippen molar-refractivity contribution >= 4 is 6.09 Å². The Labute approximate surface area is 148 Å². The highest BCUT2D eigenvalue weighted by Gasteiger charge is 2.35. The second kappa shape index (κ2) is 8.14. The van der Waals surface area contributed by atoms with Gasteiger partial charge in [-0.2, -0.15) is 4.98 Å². The number of aryl methyl sites for hydroxylation is 2. The maximum atomic E-state index is 12.2. The van der Waals surface area contributed by atoms with Crippen LogP contribution in [0.5, 0.6) is 0 Å². The van der Waals surface area contributed by atoms with E-state index in [1.165, 1.54) is 5.56 Å². The fraction of sp³-hybridized carbons (Fsp3) is 0.526. The van der Waals surface area contributed by atoms with Gasteiger partial charge in [0.25, 0.3) is 0 Å². The number of benzene rings is 1. The third kappa shape index (κ3) is 4.59. The molecule has 1 aliphatic heterocycles. The summed E-state index contributed by atoms with van der Waals surface area (Å²) in [6.45, 7) is 4.36. The van der Waals surface area contributed by atoms with Gasteiger partial charge in [0.1, 0.15) is 6.04 Å². The predicted octanol–water partition coefficient (Wildman–Crippen LogP) is 3.93. The van der Waals surface area contributed by atoms with E-state index in [0.717, 1.165) is 32.1 Å². The lowest BCUT2D eigenvalue weighted by molar-refractivity contribution is 0.0687. The largest absolute Gasteiger partial charge is 0.447 e. The van der Waals surface area contributed by atoms with Crippen molar-refractivity contribution in [2.75, 3.05) is 6.54 Å². The van der Waals surface area contributed by atoms with Crippen molar-refractivity contribution in [2.45, 2.75) is 58.1 Å². The van der Waals surface area contributed by atoms with Crippen LogP contribution in [0.3, 0.4) is 0 Å². The molecule has 1 atom stereocenters. The number of ether oxygens (including phenoxy) is 1. The molecule has 1 aromatic heterocycles. The van der Waals surface area contributed by atoms with Crippen LogP contribution in [-0.2, 0) is 17.6 Å². The summed E-state index contributed by atoms with van der Waals surface area (Å²) in [5.74, 6) is 1.22. The van der Waals surface area contributed by atoms with Crippen molar-refractivity contribution in [3.8, 4) is 0 Å². The Morgan fingerprint density at radius 3 is 2.88 bits per heavy atom. The van der Waals surface area contributed by atoms with Crippen LogP contribution in [0, 0.1) is 0 Å². The van der Waals surface area contributed by atoms with Crippen LogP contribution in [-0.4, -0.2) is 33.8 Å². The molecule has 1 aliphatic rings. The lowest BCUT2D eigenvalue weighted by Gasteiger charge is -2.22. The molecule has 0 saturated carbocycles. The van der Waals surface area contributed by atoms with Gasteiger partial charge in [-0.05, 0) is 45.1 Å². The molecule has 25 heavy (non-hydrogen) atoms. The molecule has 1 fully saturated rings. The minimum absolute atomic E-state index is 0.134. The summed E-state index contributed by atoms with van der Waals surface area (Å²) in [5.41, 5.74) is 1.31. The Kier molecular flexibility index (Phi) is 5.68. The zero-order valence-electron chi connectivity index (χ0n) is 14.9. The molecule has 6 nitrogen and oxygen atoms in total. The molecule has 6 heteroatoms. The van der Waals surface area contributed by atoms with Crippen molar-refractivity contribution in [2.24, 2.45) is 0 Å². The van der Waals surface area contributed by atoms with E-state index in [1.807, 2.05) is 32.0 Å². The first kappa shape index (κ1) is 17.5. The zero-order valence-corrected chi connectivity index (χ0v) is 14.9. The van der Waals surface area contributed by atoms with Gasteiger partial charge in [0.15, 0.2) is 5.82 Å². The molecule has 0 bridgehead atoms. The fourth-order valence-electron chi connectivity index (χ4n) is 3.11. The van der Waals surface area contributed by atoms with E-state index in [-0.39, 0.29) is 18.2 Å². The average molecular weight is 343 g/mol. The number of likely N-dealkylation sites (tertiary alicyclic amines) is 1. The molecule has 1 unspecified atom stereocenters. The summed E-state index contributed by atoms with van der Waals surface area (Å²) in [5, 5.41) is 4.08. The minimum atomic E-state index is -0.304. The van der Waals surface area contributed by atoms with Gasteiger partial charge in [0.05, 0.1) is 6.10 Å². The van der Waals surface area contributed by atoms with E-state index >= 15 is 0 Å². The molecule has 0 spiro atoms. The second-order valence-corrected chi connectivity index (χ2v) is 6.67. The van der Waals surface area contributed by atoms with E-state index in [9.17, 15) is 4.79 Å². The van der Waals surface area contributed by atoms with Crippen molar-refractivity contribution < 1.29 is 14.1 Å². The topological polar surface area (TPSA) is 68.5 Å². The number of rotatable bonds is 6. The van der Waals surface area contributed by atoms with E-state index in [2.05, 4.69) is 22.3 Å². The molecular formula is C19H25N3O3. The Morgan fingerprint density at radius 1 is 1.32 bits per heavy atom. The van der Waals surface area contributed by atoms with Gasteiger partial charge in [-0.15, -0.1) is 0 Å². The summed E-state index contributed by atoms with van der Waals surface area (Å²) in [7, 11) is 0. The Morgan fingerprint density at radius 2 is 2.12 bits per heavy atom. The third-order valence-electron chi connectivity index (χ3n) is 4.30. The number of carbonyl (C=O) groups is 1. The number of hydrogen-bond donors (Lipinski definition) is 0. The lowest BCUT2D eigenvalue weighted by atomic mass is 10.1. The van der Waals surface area contributed by atoms with Gasteiger partial charge >= 0.3 is 6.09 Å². The van der Waals surface area contributed by atoms with Crippen LogP contribution in [0.4, 0.5) is 4.79 Å². The molecule has 0 aliphatic carbocycles. The molecule has 0 radical (unpaired) electrons.